The molecule has 1 aromatic heterocycles. The Balaban J connectivity index is 2.27. The lowest BCUT2D eigenvalue weighted by Gasteiger charge is -2.31. The summed E-state index contributed by atoms with van der Waals surface area (Å²) in [5.41, 5.74) is 0.978. The van der Waals surface area contributed by atoms with Crippen LogP contribution in [0.2, 0.25) is 0 Å². The molecule has 1 aliphatic heterocycles. The summed E-state index contributed by atoms with van der Waals surface area (Å²) in [5.74, 6) is -0.0787. The highest BCUT2D eigenvalue weighted by molar-refractivity contribution is 5.99. The fourth-order valence-corrected chi connectivity index (χ4v) is 2.53. The number of aromatic nitrogens is 1. The van der Waals surface area contributed by atoms with Crippen molar-refractivity contribution < 1.29 is 9.59 Å². The quantitative estimate of drug-likeness (QED) is 0.828. The highest BCUT2D eigenvalue weighted by Gasteiger charge is 2.36. The van der Waals surface area contributed by atoms with Crippen LogP contribution < -0.4 is 5.32 Å². The maximum atomic E-state index is 12.0. The Kier molecular flexibility index (Phi) is 3.75. The van der Waals surface area contributed by atoms with E-state index in [0.29, 0.717) is 12.3 Å². The van der Waals surface area contributed by atoms with E-state index in [2.05, 4.69) is 24.1 Å². The van der Waals surface area contributed by atoms with E-state index in [-0.39, 0.29) is 23.7 Å². The monoisotopic (exact) mass is 246 g/mol. The van der Waals surface area contributed by atoms with Gasteiger partial charge in [0.2, 0.25) is 11.8 Å². The molecular formula is C14H18N2O2. The van der Waals surface area contributed by atoms with Gasteiger partial charge in [0.15, 0.2) is 0 Å². The van der Waals surface area contributed by atoms with Crippen molar-refractivity contribution in [2.45, 2.75) is 32.6 Å². The van der Waals surface area contributed by atoms with Crippen LogP contribution in [0.15, 0.2) is 24.5 Å². The Morgan fingerprint density at radius 3 is 2.83 bits per heavy atom. The number of amides is 2. The van der Waals surface area contributed by atoms with Gasteiger partial charge in [0.25, 0.3) is 0 Å². The SMILES string of the molecule is CC(C)CC1C(=O)NC(=O)CC1c1cccnc1. The molecule has 0 saturated carbocycles. The van der Waals surface area contributed by atoms with E-state index in [1.807, 2.05) is 12.1 Å². The van der Waals surface area contributed by atoms with Gasteiger partial charge in [0.1, 0.15) is 0 Å². The average Bonchev–Trinajstić information content (AvgIpc) is 2.33. The van der Waals surface area contributed by atoms with Crippen molar-refractivity contribution in [3.8, 4) is 0 Å². The second kappa shape index (κ2) is 5.29. The fraction of sp³-hybridized carbons (Fsp3) is 0.500. The summed E-state index contributed by atoms with van der Waals surface area (Å²) in [4.78, 5) is 27.6. The lowest BCUT2D eigenvalue weighted by atomic mass is 9.77. The van der Waals surface area contributed by atoms with Crippen molar-refractivity contribution in [2.75, 3.05) is 0 Å². The van der Waals surface area contributed by atoms with Gasteiger partial charge in [-0.05, 0) is 24.0 Å². The second-order valence-corrected chi connectivity index (χ2v) is 5.25. The third kappa shape index (κ3) is 2.75. The maximum Gasteiger partial charge on any atom is 0.230 e. The van der Waals surface area contributed by atoms with E-state index in [0.717, 1.165) is 12.0 Å². The molecule has 1 fully saturated rings. The molecule has 2 rings (SSSR count). The van der Waals surface area contributed by atoms with E-state index in [4.69, 9.17) is 0 Å². The normalized spacial score (nSPS) is 24.2. The summed E-state index contributed by atoms with van der Waals surface area (Å²) < 4.78 is 0. The fourth-order valence-electron chi connectivity index (χ4n) is 2.53. The molecule has 2 heterocycles. The second-order valence-electron chi connectivity index (χ2n) is 5.25. The number of piperidine rings is 1. The molecular weight excluding hydrogens is 228 g/mol. The van der Waals surface area contributed by atoms with Crippen molar-refractivity contribution in [3.05, 3.63) is 30.1 Å². The highest BCUT2D eigenvalue weighted by Crippen LogP contribution is 2.34. The van der Waals surface area contributed by atoms with E-state index in [9.17, 15) is 9.59 Å². The van der Waals surface area contributed by atoms with Crippen molar-refractivity contribution >= 4 is 11.8 Å². The van der Waals surface area contributed by atoms with Gasteiger partial charge in [-0.1, -0.05) is 19.9 Å². The molecule has 2 atom stereocenters. The Labute approximate surface area is 107 Å². The molecule has 2 unspecified atom stereocenters. The predicted octanol–water partition coefficient (Wildman–Crippen LogP) is 1.87. The molecule has 1 aromatic rings. The van der Waals surface area contributed by atoms with Crippen LogP contribution in [-0.4, -0.2) is 16.8 Å². The van der Waals surface area contributed by atoms with Gasteiger partial charge >= 0.3 is 0 Å². The molecule has 0 radical (unpaired) electrons. The van der Waals surface area contributed by atoms with Gasteiger partial charge in [0, 0.05) is 30.7 Å². The van der Waals surface area contributed by atoms with Crippen LogP contribution in [0.25, 0.3) is 0 Å². The first kappa shape index (κ1) is 12.7. The summed E-state index contributed by atoms with van der Waals surface area (Å²) in [7, 11) is 0. The van der Waals surface area contributed by atoms with E-state index in [1.54, 1.807) is 12.4 Å². The van der Waals surface area contributed by atoms with Crippen LogP contribution >= 0.6 is 0 Å². The molecule has 18 heavy (non-hydrogen) atoms. The van der Waals surface area contributed by atoms with Crippen LogP contribution in [0.3, 0.4) is 0 Å². The van der Waals surface area contributed by atoms with Crippen LogP contribution in [0, 0.1) is 11.8 Å². The number of nitrogens with one attached hydrogen (secondary N) is 1. The predicted molar refractivity (Wildman–Crippen MR) is 67.7 cm³/mol. The molecule has 4 heteroatoms. The van der Waals surface area contributed by atoms with Crippen LogP contribution in [0.1, 0.15) is 38.2 Å². The first-order chi connectivity index (χ1) is 8.58. The number of pyridine rings is 1. The highest BCUT2D eigenvalue weighted by atomic mass is 16.2. The number of rotatable bonds is 3. The van der Waals surface area contributed by atoms with Crippen LogP contribution in [0.5, 0.6) is 0 Å². The lowest BCUT2D eigenvalue weighted by Crippen LogP contribution is -2.45. The van der Waals surface area contributed by atoms with E-state index >= 15 is 0 Å². The number of hydrogen-bond donors (Lipinski definition) is 1. The zero-order valence-corrected chi connectivity index (χ0v) is 10.7. The van der Waals surface area contributed by atoms with Gasteiger partial charge < -0.3 is 0 Å². The molecule has 96 valence electrons. The van der Waals surface area contributed by atoms with Crippen molar-refractivity contribution in [3.63, 3.8) is 0 Å². The third-order valence-electron chi connectivity index (χ3n) is 3.33. The average molecular weight is 246 g/mol. The smallest absolute Gasteiger partial charge is 0.230 e. The van der Waals surface area contributed by atoms with Gasteiger partial charge in [-0.3, -0.25) is 19.9 Å². The number of imide groups is 1. The van der Waals surface area contributed by atoms with Gasteiger partial charge in [-0.2, -0.15) is 0 Å². The minimum Gasteiger partial charge on any atom is -0.296 e. The van der Waals surface area contributed by atoms with Gasteiger partial charge in [-0.15, -0.1) is 0 Å². The molecule has 4 nitrogen and oxygen atoms in total. The van der Waals surface area contributed by atoms with Gasteiger partial charge in [0.05, 0.1) is 0 Å². The zero-order valence-electron chi connectivity index (χ0n) is 10.7. The molecule has 1 saturated heterocycles. The topological polar surface area (TPSA) is 59.1 Å². The van der Waals surface area contributed by atoms with E-state index < -0.39 is 0 Å². The third-order valence-corrected chi connectivity index (χ3v) is 3.33. The van der Waals surface area contributed by atoms with Crippen LogP contribution in [-0.2, 0) is 9.59 Å². The molecule has 0 spiro atoms. The minimum atomic E-state index is -0.186. The minimum absolute atomic E-state index is 0.0395. The molecule has 0 aliphatic carbocycles. The Hall–Kier alpha value is -1.71. The molecule has 0 aromatic carbocycles. The Morgan fingerprint density at radius 1 is 1.44 bits per heavy atom. The first-order valence-corrected chi connectivity index (χ1v) is 6.31. The van der Waals surface area contributed by atoms with E-state index in [1.165, 1.54) is 0 Å². The molecule has 2 amide bonds. The Morgan fingerprint density at radius 2 is 2.22 bits per heavy atom. The summed E-state index contributed by atoms with van der Waals surface area (Å²) in [6.07, 6.45) is 4.61. The van der Waals surface area contributed by atoms with Gasteiger partial charge in [-0.25, -0.2) is 0 Å². The number of hydrogen-bond acceptors (Lipinski definition) is 3. The number of nitrogens with zero attached hydrogens (tertiary/aromatic N) is 1. The molecule has 0 bridgehead atoms. The maximum absolute atomic E-state index is 12.0. The van der Waals surface area contributed by atoms with Crippen LogP contribution in [0.4, 0.5) is 0 Å². The summed E-state index contributed by atoms with van der Waals surface area (Å²) in [6, 6.07) is 3.79. The van der Waals surface area contributed by atoms with Crippen molar-refractivity contribution in [2.24, 2.45) is 11.8 Å². The Bertz CT molecular complexity index is 442. The summed E-state index contributed by atoms with van der Waals surface area (Å²) in [5, 5.41) is 2.44. The number of carbonyl (C=O) groups excluding carboxylic acids is 2. The number of carbonyl (C=O) groups is 2. The zero-order chi connectivity index (χ0) is 13.1. The first-order valence-electron chi connectivity index (χ1n) is 6.31. The standard InChI is InChI=1S/C14H18N2O2/c1-9(2)6-12-11(7-13(17)16-14(12)18)10-4-3-5-15-8-10/h3-5,8-9,11-12H,6-7H2,1-2H3,(H,16,17,18). The van der Waals surface area contributed by atoms with Crippen molar-refractivity contribution in [1.82, 2.24) is 10.3 Å². The summed E-state index contributed by atoms with van der Waals surface area (Å²) >= 11 is 0. The molecule has 1 N–H and O–H groups in total. The summed E-state index contributed by atoms with van der Waals surface area (Å²) in [6.45, 7) is 4.17. The molecule has 1 aliphatic rings. The van der Waals surface area contributed by atoms with Crippen molar-refractivity contribution in [1.29, 1.82) is 0 Å². The lowest BCUT2D eigenvalue weighted by molar-refractivity contribution is -0.137. The largest absolute Gasteiger partial charge is 0.296 e.